The van der Waals surface area contributed by atoms with Crippen LogP contribution in [0.2, 0.25) is 18.1 Å². The SMILES string of the molecule is C#CC#CC#CC#CC#CC#CC#CC#CC#CC#CC#C[C@H]1OC(C)(C)O[C@H]1[C@H](OC=O)O[Si](C)(C)C(C)(C)C. The summed E-state index contributed by atoms with van der Waals surface area (Å²) in [5.41, 5.74) is 0. The minimum Gasteiger partial charge on any atom is -0.436 e. The molecule has 0 N–H and O–H groups in total. The predicted octanol–water partition coefficient (Wildman–Crippen LogP) is 2.69. The number of carbonyl (C=O) groups is 1. The van der Waals surface area contributed by atoms with Gasteiger partial charge in [-0.15, -0.1) is 6.42 Å². The van der Waals surface area contributed by atoms with Crippen LogP contribution in [0.3, 0.4) is 0 Å². The maximum Gasteiger partial charge on any atom is 0.295 e. The number of terminal acetylenes is 1. The molecule has 5 nitrogen and oxygen atoms in total. The van der Waals surface area contributed by atoms with Gasteiger partial charge in [0.05, 0.1) is 0 Å². The molecule has 0 radical (unpaired) electrons. The van der Waals surface area contributed by atoms with E-state index in [-0.39, 0.29) is 5.04 Å². The Labute approximate surface area is 245 Å². The van der Waals surface area contributed by atoms with Gasteiger partial charge >= 0.3 is 0 Å². The fourth-order valence-electron chi connectivity index (χ4n) is 2.47. The average molecular weight is 555 g/mol. The Kier molecular flexibility index (Phi) is 14.3. The number of hydrogen-bond acceptors (Lipinski definition) is 5. The third kappa shape index (κ3) is 13.9. The molecule has 1 fully saturated rings. The molecule has 0 bridgehead atoms. The molecule has 0 unspecified atom stereocenters. The molecule has 1 saturated heterocycles. The van der Waals surface area contributed by atoms with Crippen molar-refractivity contribution < 1.29 is 23.4 Å². The lowest BCUT2D eigenvalue weighted by molar-refractivity contribution is -0.193. The first kappa shape index (κ1) is 33.8. The van der Waals surface area contributed by atoms with Gasteiger partial charge in [-0.1, -0.05) is 26.7 Å². The highest BCUT2D eigenvalue weighted by molar-refractivity contribution is 6.74. The van der Waals surface area contributed by atoms with Gasteiger partial charge in [0.25, 0.3) is 6.47 Å². The second-order valence-electron chi connectivity index (χ2n) is 9.66. The van der Waals surface area contributed by atoms with Crippen LogP contribution in [-0.4, -0.2) is 39.1 Å². The molecular weight excluding hydrogens is 528 g/mol. The van der Waals surface area contributed by atoms with E-state index in [9.17, 15) is 4.79 Å². The highest BCUT2D eigenvalue weighted by Crippen LogP contribution is 2.39. The lowest BCUT2D eigenvalue weighted by atomic mass is 10.2. The molecule has 0 saturated carbocycles. The highest BCUT2D eigenvalue weighted by Gasteiger charge is 2.49. The summed E-state index contributed by atoms with van der Waals surface area (Å²) in [6, 6.07) is 0. The standard InChI is InChI=1S/C35H26O5Si/c1-9-10-11-12-13-14-15-16-17-18-19-20-21-22-23-24-25-26-27-28-29-31-32(39-35(5,6)38-31)33(37-30-36)40-41(7,8)34(2,3)4/h1,30-33H,2-8H3/t31-,32-,33-/m1/s1. The van der Waals surface area contributed by atoms with Crippen molar-refractivity contribution >= 4 is 14.8 Å². The number of ether oxygens (including phenoxy) is 3. The zero-order valence-electron chi connectivity index (χ0n) is 23.9. The summed E-state index contributed by atoms with van der Waals surface area (Å²) in [5, 5.41) is -0.111. The van der Waals surface area contributed by atoms with Crippen molar-refractivity contribution in [1.82, 2.24) is 0 Å². The number of carbonyl (C=O) groups excluding carboxylic acids is 1. The molecular formula is C35H26O5Si. The average Bonchev–Trinajstić information content (AvgIpc) is 3.20. The molecule has 6 heteroatoms. The molecule has 0 amide bonds. The Hall–Kier alpha value is -5.27. The first-order valence-corrected chi connectivity index (χ1v) is 14.9. The fourth-order valence-corrected chi connectivity index (χ4v) is 3.59. The summed E-state index contributed by atoms with van der Waals surface area (Å²) in [6.07, 6.45) is 2.48. The zero-order valence-corrected chi connectivity index (χ0v) is 24.9. The molecule has 0 aliphatic carbocycles. The Morgan fingerprint density at radius 1 is 0.732 bits per heavy atom. The minimum atomic E-state index is -2.30. The summed E-state index contributed by atoms with van der Waals surface area (Å²) in [5.74, 6) is 51.8. The Balaban J connectivity index is 2.80. The van der Waals surface area contributed by atoms with E-state index >= 15 is 0 Å². The molecule has 200 valence electrons. The van der Waals surface area contributed by atoms with Crippen molar-refractivity contribution in [1.29, 1.82) is 0 Å². The van der Waals surface area contributed by atoms with Crippen LogP contribution < -0.4 is 0 Å². The molecule has 1 aliphatic heterocycles. The van der Waals surface area contributed by atoms with Crippen molar-refractivity contribution in [2.45, 2.75) is 77.0 Å². The fraction of sp³-hybridized carbons (Fsp3) is 0.343. The van der Waals surface area contributed by atoms with Gasteiger partial charge in [-0.3, -0.25) is 4.79 Å². The van der Waals surface area contributed by atoms with Gasteiger partial charge in [0.15, 0.2) is 26.3 Å². The van der Waals surface area contributed by atoms with E-state index in [0.717, 1.165) is 0 Å². The summed E-state index contributed by atoms with van der Waals surface area (Å²) in [4.78, 5) is 11.2. The molecule has 0 aromatic heterocycles. The van der Waals surface area contributed by atoms with E-state index in [1.807, 2.05) is 13.1 Å². The molecule has 1 aliphatic rings. The smallest absolute Gasteiger partial charge is 0.295 e. The molecule has 41 heavy (non-hydrogen) atoms. The number of rotatable bonds is 5. The van der Waals surface area contributed by atoms with Crippen LogP contribution in [0, 0.1) is 131 Å². The van der Waals surface area contributed by atoms with Gasteiger partial charge in [0, 0.05) is 23.7 Å². The quantitative estimate of drug-likeness (QED) is 0.227. The van der Waals surface area contributed by atoms with E-state index in [2.05, 4.69) is 145 Å². The third-order valence-electron chi connectivity index (χ3n) is 5.22. The summed E-state index contributed by atoms with van der Waals surface area (Å²) in [6.45, 7) is 14.2. The molecule has 1 heterocycles. The molecule has 0 aromatic carbocycles. The van der Waals surface area contributed by atoms with Gasteiger partial charge in [0.1, 0.15) is 0 Å². The predicted molar refractivity (Wildman–Crippen MR) is 160 cm³/mol. The van der Waals surface area contributed by atoms with Crippen LogP contribution >= 0.6 is 0 Å². The highest BCUT2D eigenvalue weighted by atomic mass is 28.4. The van der Waals surface area contributed by atoms with Crippen LogP contribution in [0.5, 0.6) is 0 Å². The van der Waals surface area contributed by atoms with E-state index in [1.165, 1.54) is 0 Å². The van der Waals surface area contributed by atoms with Crippen molar-refractivity contribution in [2.75, 3.05) is 0 Å². The summed E-state index contributed by atoms with van der Waals surface area (Å²) >= 11 is 0. The van der Waals surface area contributed by atoms with Crippen molar-refractivity contribution in [3.63, 3.8) is 0 Å². The second kappa shape index (κ2) is 17.3. The van der Waals surface area contributed by atoms with Crippen molar-refractivity contribution in [2.24, 2.45) is 0 Å². The third-order valence-corrected chi connectivity index (χ3v) is 9.65. The van der Waals surface area contributed by atoms with E-state index < -0.39 is 32.6 Å². The Morgan fingerprint density at radius 3 is 1.49 bits per heavy atom. The van der Waals surface area contributed by atoms with Crippen LogP contribution in [0.15, 0.2) is 0 Å². The summed E-state index contributed by atoms with van der Waals surface area (Å²) < 4.78 is 23.4. The first-order valence-electron chi connectivity index (χ1n) is 12.0. The minimum absolute atomic E-state index is 0.111. The Morgan fingerprint density at radius 2 is 1.12 bits per heavy atom. The van der Waals surface area contributed by atoms with Gasteiger partial charge in [-0.2, -0.15) is 0 Å². The molecule has 3 atom stereocenters. The maximum atomic E-state index is 11.2. The monoisotopic (exact) mass is 554 g/mol. The largest absolute Gasteiger partial charge is 0.436 e. The van der Waals surface area contributed by atoms with Crippen molar-refractivity contribution in [3.05, 3.63) is 0 Å². The lowest BCUT2D eigenvalue weighted by Gasteiger charge is -2.39. The van der Waals surface area contributed by atoms with Crippen LogP contribution in [0.1, 0.15) is 34.6 Å². The van der Waals surface area contributed by atoms with Crippen molar-refractivity contribution in [3.8, 4) is 131 Å². The van der Waals surface area contributed by atoms with Crippen LogP contribution in [0.4, 0.5) is 0 Å². The number of hydrogen-bond donors (Lipinski definition) is 0. The van der Waals surface area contributed by atoms with Gasteiger partial charge in [-0.25, -0.2) is 0 Å². The van der Waals surface area contributed by atoms with E-state index in [0.29, 0.717) is 6.47 Å². The van der Waals surface area contributed by atoms with Crippen LogP contribution in [-0.2, 0) is 23.4 Å². The van der Waals surface area contributed by atoms with Gasteiger partial charge in [0.2, 0.25) is 6.29 Å². The molecule has 1 rings (SSSR count). The van der Waals surface area contributed by atoms with Crippen LogP contribution in [0.25, 0.3) is 0 Å². The molecule has 0 spiro atoms. The maximum absolute atomic E-state index is 11.2. The summed E-state index contributed by atoms with van der Waals surface area (Å²) in [7, 11) is -2.30. The lowest BCUT2D eigenvalue weighted by Crippen LogP contribution is -2.50. The first-order chi connectivity index (χ1) is 19.4. The molecule has 0 aromatic rings. The Bertz CT molecular complexity index is 1680. The zero-order chi connectivity index (χ0) is 30.6. The van der Waals surface area contributed by atoms with E-state index in [1.54, 1.807) is 13.8 Å². The topological polar surface area (TPSA) is 54.0 Å². The second-order valence-corrected chi connectivity index (χ2v) is 14.4. The van der Waals surface area contributed by atoms with Gasteiger partial charge in [-0.05, 0) is 127 Å². The normalized spacial score (nSPS) is 15.8. The van der Waals surface area contributed by atoms with E-state index in [4.69, 9.17) is 25.1 Å². The van der Waals surface area contributed by atoms with Gasteiger partial charge < -0.3 is 18.6 Å².